The molecule has 1 fully saturated rings. The Morgan fingerprint density at radius 2 is 1.38 bits per heavy atom. The van der Waals surface area contributed by atoms with Crippen LogP contribution in [0.5, 0.6) is 11.6 Å². The van der Waals surface area contributed by atoms with Crippen LogP contribution in [0.4, 0.5) is 0 Å². The lowest BCUT2D eigenvalue weighted by Gasteiger charge is -2.27. The molecule has 1 N–H and O–H groups in total. The van der Waals surface area contributed by atoms with E-state index in [0.717, 1.165) is 37.8 Å². The van der Waals surface area contributed by atoms with Gasteiger partial charge in [0.2, 0.25) is 17.7 Å². The Morgan fingerprint density at radius 1 is 0.714 bits per heavy atom. The number of nitrogens with one attached hydrogen (secondary N) is 1. The predicted molar refractivity (Wildman–Crippen MR) is 204 cm³/mol. The molecule has 7 rings (SSSR count). The second-order valence-corrected chi connectivity index (χ2v) is 13.4. The molecular weight excluding hydrogens is 746 g/mol. The van der Waals surface area contributed by atoms with Gasteiger partial charge in [-0.2, -0.15) is 0 Å². The van der Waals surface area contributed by atoms with Crippen LogP contribution in [0.2, 0.25) is 5.02 Å². The number of nitrogens with zero attached hydrogens (tertiary/aromatic N) is 4. The molecule has 16 heteroatoms. The zero-order chi connectivity index (χ0) is 39.0. The number of imide groups is 2. The van der Waals surface area contributed by atoms with Crippen molar-refractivity contribution in [1.29, 1.82) is 0 Å². The zero-order valence-electron chi connectivity index (χ0n) is 30.7. The van der Waals surface area contributed by atoms with Crippen LogP contribution in [-0.2, 0) is 35.6 Å². The first-order valence-corrected chi connectivity index (χ1v) is 18.6. The maximum atomic E-state index is 13.0. The van der Waals surface area contributed by atoms with Crippen molar-refractivity contribution in [2.75, 3.05) is 66.1 Å². The van der Waals surface area contributed by atoms with Crippen molar-refractivity contribution in [2.24, 2.45) is 7.05 Å². The lowest BCUT2D eigenvalue weighted by atomic mass is 10.0. The Kier molecular flexibility index (Phi) is 12.5. The van der Waals surface area contributed by atoms with E-state index in [2.05, 4.69) is 38.1 Å². The summed E-state index contributed by atoms with van der Waals surface area (Å²) in [6.07, 6.45) is 5.45. The van der Waals surface area contributed by atoms with Crippen molar-refractivity contribution in [3.63, 3.8) is 0 Å². The van der Waals surface area contributed by atoms with Crippen molar-refractivity contribution in [2.45, 2.75) is 18.9 Å². The summed E-state index contributed by atoms with van der Waals surface area (Å²) < 4.78 is 35.7. The van der Waals surface area contributed by atoms with Crippen molar-refractivity contribution in [3.05, 3.63) is 83.3 Å². The second kappa shape index (κ2) is 18.0. The molecule has 56 heavy (non-hydrogen) atoms. The Hall–Kier alpha value is -5.45. The Morgan fingerprint density at radius 3 is 2.05 bits per heavy atom. The van der Waals surface area contributed by atoms with E-state index in [1.165, 1.54) is 12.1 Å². The molecule has 15 nitrogen and oxygen atoms in total. The highest BCUT2D eigenvalue weighted by atomic mass is 35.5. The van der Waals surface area contributed by atoms with Gasteiger partial charge in [0.25, 0.3) is 11.8 Å². The van der Waals surface area contributed by atoms with Crippen molar-refractivity contribution >= 4 is 57.0 Å². The Bertz CT molecular complexity index is 2240. The molecule has 3 aromatic heterocycles. The van der Waals surface area contributed by atoms with Gasteiger partial charge in [-0.15, -0.1) is 0 Å². The number of ether oxygens (including phenoxy) is 6. The summed E-state index contributed by atoms with van der Waals surface area (Å²) in [6, 6.07) is 13.6. The fourth-order valence-corrected chi connectivity index (χ4v) is 6.95. The van der Waals surface area contributed by atoms with Crippen LogP contribution in [0.25, 0.3) is 32.9 Å². The van der Waals surface area contributed by atoms with E-state index in [1.807, 2.05) is 25.4 Å². The average molecular weight is 786 g/mol. The molecule has 2 aromatic carbocycles. The van der Waals surface area contributed by atoms with Gasteiger partial charge in [-0.3, -0.25) is 34.4 Å². The third kappa shape index (κ3) is 8.67. The monoisotopic (exact) mass is 785 g/mol. The van der Waals surface area contributed by atoms with Crippen LogP contribution in [0, 0.1) is 0 Å². The molecule has 2 aliphatic heterocycles. The number of fused-ring (bicyclic) bond motifs is 4. The number of carbonyl (C=O) groups is 4. The van der Waals surface area contributed by atoms with E-state index in [-0.39, 0.29) is 37.2 Å². The number of amides is 4. The number of rotatable bonds is 19. The molecule has 0 bridgehead atoms. The number of hydrogen-bond donors (Lipinski definition) is 1. The summed E-state index contributed by atoms with van der Waals surface area (Å²) in [5, 5.41) is 4.92. The molecule has 1 unspecified atom stereocenters. The number of pyridine rings is 2. The minimum Gasteiger partial charge on any atom is -0.491 e. The molecule has 292 valence electrons. The van der Waals surface area contributed by atoms with Crippen LogP contribution in [0.3, 0.4) is 0 Å². The van der Waals surface area contributed by atoms with Gasteiger partial charge in [0.15, 0.2) is 0 Å². The molecule has 4 amide bonds. The topological polar surface area (TPSA) is 170 Å². The summed E-state index contributed by atoms with van der Waals surface area (Å²) in [7, 11) is 2.00. The van der Waals surface area contributed by atoms with Crippen LogP contribution >= 0.6 is 11.6 Å². The molecule has 0 aliphatic carbocycles. The van der Waals surface area contributed by atoms with E-state index >= 15 is 0 Å². The fourth-order valence-electron chi connectivity index (χ4n) is 6.66. The highest BCUT2D eigenvalue weighted by Crippen LogP contribution is 2.34. The summed E-state index contributed by atoms with van der Waals surface area (Å²) in [6.45, 7) is 3.65. The Labute approximate surface area is 326 Å². The van der Waals surface area contributed by atoms with Crippen LogP contribution in [0.1, 0.15) is 33.6 Å². The lowest BCUT2D eigenvalue weighted by Crippen LogP contribution is -2.54. The van der Waals surface area contributed by atoms with Gasteiger partial charge >= 0.3 is 0 Å². The first-order chi connectivity index (χ1) is 27.3. The molecule has 1 saturated heterocycles. The second-order valence-electron chi connectivity index (χ2n) is 13.0. The van der Waals surface area contributed by atoms with Gasteiger partial charge in [0.05, 0.1) is 74.5 Å². The summed E-state index contributed by atoms with van der Waals surface area (Å²) in [5.74, 6) is -1.32. The minimum atomic E-state index is -1.02. The summed E-state index contributed by atoms with van der Waals surface area (Å²) >= 11 is 6.42. The van der Waals surface area contributed by atoms with Gasteiger partial charge in [-0.25, -0.2) is 4.98 Å². The summed E-state index contributed by atoms with van der Waals surface area (Å²) in [5.41, 5.74) is 4.38. The smallest absolute Gasteiger partial charge is 0.262 e. The third-order valence-electron chi connectivity index (χ3n) is 9.43. The van der Waals surface area contributed by atoms with E-state index in [0.29, 0.717) is 69.5 Å². The molecule has 5 aromatic rings. The highest BCUT2D eigenvalue weighted by molar-refractivity contribution is 6.36. The van der Waals surface area contributed by atoms with Crippen LogP contribution in [0.15, 0.2) is 67.1 Å². The van der Waals surface area contributed by atoms with Gasteiger partial charge in [-0.05, 0) is 42.3 Å². The van der Waals surface area contributed by atoms with Crippen molar-refractivity contribution in [1.82, 2.24) is 24.8 Å². The Balaban J connectivity index is 0.698. The first kappa shape index (κ1) is 38.8. The molecule has 2 aliphatic rings. The van der Waals surface area contributed by atoms with E-state index in [4.69, 9.17) is 40.0 Å². The maximum Gasteiger partial charge on any atom is 0.262 e. The standard InChI is InChI=1S/C40H40ClN5O10/c1-45-34-20-25(2-5-28(34)31-23-42-24-32(41)37(31)45)26-3-9-36(43-22-26)56-19-17-54-15-13-52-11-10-51-12-14-53-16-18-55-27-4-6-29-30(21-27)40(50)46(39(29)49)33-7-8-35(47)44-38(33)48/h2-6,9,20-24,33H,7-8,10-19H2,1H3,(H,44,47,48). The zero-order valence-corrected chi connectivity index (χ0v) is 31.4. The number of piperidine rings is 1. The first-order valence-electron chi connectivity index (χ1n) is 18.2. The largest absolute Gasteiger partial charge is 0.491 e. The number of carbonyl (C=O) groups excluding carboxylic acids is 4. The molecule has 1 atom stereocenters. The molecular formula is C40H40ClN5O10. The number of aromatic nitrogens is 3. The summed E-state index contributed by atoms with van der Waals surface area (Å²) in [4.78, 5) is 59.1. The minimum absolute atomic E-state index is 0.0598. The predicted octanol–water partition coefficient (Wildman–Crippen LogP) is 4.37. The third-order valence-corrected chi connectivity index (χ3v) is 9.71. The van der Waals surface area contributed by atoms with Gasteiger partial charge in [-0.1, -0.05) is 23.7 Å². The number of hydrogen-bond acceptors (Lipinski definition) is 12. The average Bonchev–Trinajstić information content (AvgIpc) is 3.63. The molecule has 0 radical (unpaired) electrons. The number of halogens is 1. The van der Waals surface area contributed by atoms with Crippen LogP contribution in [-0.4, -0.2) is 115 Å². The van der Waals surface area contributed by atoms with E-state index in [9.17, 15) is 19.2 Å². The maximum absolute atomic E-state index is 13.0. The van der Waals surface area contributed by atoms with E-state index < -0.39 is 29.7 Å². The fraction of sp³-hybridized carbons (Fsp3) is 0.350. The van der Waals surface area contributed by atoms with Gasteiger partial charge in [0, 0.05) is 60.0 Å². The number of aryl methyl sites for hydroxylation is 1. The van der Waals surface area contributed by atoms with Gasteiger partial charge in [0.1, 0.15) is 25.0 Å². The molecule has 0 spiro atoms. The van der Waals surface area contributed by atoms with Crippen molar-refractivity contribution in [3.8, 4) is 22.8 Å². The van der Waals surface area contributed by atoms with Gasteiger partial charge < -0.3 is 33.0 Å². The number of benzene rings is 2. The van der Waals surface area contributed by atoms with Crippen LogP contribution < -0.4 is 14.8 Å². The molecule has 5 heterocycles. The molecule has 0 saturated carbocycles. The lowest BCUT2D eigenvalue weighted by molar-refractivity contribution is -0.136. The van der Waals surface area contributed by atoms with Crippen molar-refractivity contribution < 1.29 is 47.6 Å². The van der Waals surface area contributed by atoms with E-state index in [1.54, 1.807) is 18.5 Å². The normalized spacial score (nSPS) is 15.5. The highest BCUT2D eigenvalue weighted by Gasteiger charge is 2.44. The SMILES string of the molecule is Cn1c2cc(-c3ccc(OCCOCCOCCOCCOCCOc4ccc5c(c4)C(=O)N(C4CCC(=O)NC4=O)C5=O)nc3)ccc2c2cncc(Cl)c21. The quantitative estimate of drug-likeness (QED) is 0.0929.